The maximum atomic E-state index is 12.3. The van der Waals surface area contributed by atoms with Crippen molar-refractivity contribution in [2.45, 2.75) is 44.6 Å². The quantitative estimate of drug-likeness (QED) is 0.621. The normalized spacial score (nSPS) is 16.2. The Morgan fingerprint density at radius 3 is 2.83 bits per heavy atom. The summed E-state index contributed by atoms with van der Waals surface area (Å²) < 4.78 is 1.51. The lowest BCUT2D eigenvalue weighted by atomic mass is 10.1. The van der Waals surface area contributed by atoms with E-state index in [-0.39, 0.29) is 5.91 Å². The third-order valence-corrected chi connectivity index (χ3v) is 5.05. The average molecular weight is 334 g/mol. The number of tetrazole rings is 1. The Bertz CT molecular complexity index is 603. The van der Waals surface area contributed by atoms with E-state index < -0.39 is 0 Å². The summed E-state index contributed by atoms with van der Waals surface area (Å²) in [5.74, 6) is -0.0758. The minimum absolute atomic E-state index is 0.0758. The third-order valence-electron chi connectivity index (χ3n) is 4.15. The van der Waals surface area contributed by atoms with E-state index in [1.807, 2.05) is 11.4 Å². The van der Waals surface area contributed by atoms with E-state index in [2.05, 4.69) is 26.2 Å². The molecule has 23 heavy (non-hydrogen) atoms. The predicted octanol–water partition coefficient (Wildman–Crippen LogP) is 1.77. The van der Waals surface area contributed by atoms with E-state index in [9.17, 15) is 4.79 Å². The van der Waals surface area contributed by atoms with Crippen LogP contribution in [0.3, 0.4) is 0 Å². The molecule has 1 aliphatic rings. The Labute approximate surface area is 139 Å². The lowest BCUT2D eigenvalue weighted by molar-refractivity contribution is 0.0957. The second-order valence-corrected chi connectivity index (χ2v) is 6.70. The fraction of sp³-hybridized carbons (Fsp3) is 0.600. The van der Waals surface area contributed by atoms with Crippen LogP contribution in [0.15, 0.2) is 17.8 Å². The first-order valence-corrected chi connectivity index (χ1v) is 9.05. The van der Waals surface area contributed by atoms with Gasteiger partial charge in [-0.25, -0.2) is 0 Å². The first-order valence-electron chi connectivity index (χ1n) is 8.17. The van der Waals surface area contributed by atoms with Crippen molar-refractivity contribution in [1.29, 1.82) is 0 Å². The number of carbonyl (C=O) groups excluding carboxylic acids is 1. The maximum Gasteiger partial charge on any atom is 0.263 e. The van der Waals surface area contributed by atoms with Crippen molar-refractivity contribution in [1.82, 2.24) is 30.8 Å². The van der Waals surface area contributed by atoms with Crippen LogP contribution in [0.1, 0.15) is 48.2 Å². The van der Waals surface area contributed by atoms with Gasteiger partial charge in [0.1, 0.15) is 11.2 Å². The van der Waals surface area contributed by atoms with E-state index in [0.717, 1.165) is 6.54 Å². The predicted molar refractivity (Wildman–Crippen MR) is 88.9 cm³/mol. The van der Waals surface area contributed by atoms with Crippen molar-refractivity contribution in [2.24, 2.45) is 0 Å². The molecule has 7 nitrogen and oxygen atoms in total. The second-order valence-electron chi connectivity index (χ2n) is 5.79. The molecule has 1 saturated carbocycles. The molecule has 0 aromatic carbocycles. The summed E-state index contributed by atoms with van der Waals surface area (Å²) in [6.07, 6.45) is 9.33. The molecular weight excluding hydrogens is 312 g/mol. The van der Waals surface area contributed by atoms with Crippen molar-refractivity contribution in [3.8, 4) is 5.69 Å². The van der Waals surface area contributed by atoms with Crippen LogP contribution >= 0.6 is 11.3 Å². The van der Waals surface area contributed by atoms with E-state index in [1.165, 1.54) is 60.9 Å². The molecule has 0 aliphatic heterocycles. The van der Waals surface area contributed by atoms with Crippen LogP contribution < -0.4 is 10.6 Å². The summed E-state index contributed by atoms with van der Waals surface area (Å²) in [6.45, 7) is 1.43. The summed E-state index contributed by atoms with van der Waals surface area (Å²) in [7, 11) is 0. The molecule has 2 aromatic heterocycles. The largest absolute Gasteiger partial charge is 0.350 e. The SMILES string of the molecule is O=C(NCCNC1CCCCCC1)c1sccc1-n1cnnn1. The van der Waals surface area contributed by atoms with Gasteiger partial charge in [-0.05, 0) is 34.7 Å². The molecule has 0 atom stereocenters. The average Bonchev–Trinajstić information content (AvgIpc) is 3.18. The molecule has 2 N–H and O–H groups in total. The number of rotatable bonds is 6. The monoisotopic (exact) mass is 334 g/mol. The number of hydrogen-bond acceptors (Lipinski definition) is 6. The van der Waals surface area contributed by atoms with Crippen LogP contribution in [0.25, 0.3) is 5.69 Å². The summed E-state index contributed by atoms with van der Waals surface area (Å²) in [4.78, 5) is 12.9. The Kier molecular flexibility index (Phi) is 5.71. The fourth-order valence-electron chi connectivity index (χ4n) is 2.94. The second kappa shape index (κ2) is 8.16. The smallest absolute Gasteiger partial charge is 0.263 e. The third kappa shape index (κ3) is 4.35. The Balaban J connectivity index is 1.46. The van der Waals surface area contributed by atoms with Crippen LogP contribution in [-0.2, 0) is 0 Å². The number of thiophene rings is 1. The van der Waals surface area contributed by atoms with Crippen LogP contribution in [0, 0.1) is 0 Å². The Morgan fingerprint density at radius 1 is 1.26 bits per heavy atom. The number of aromatic nitrogens is 4. The first-order chi connectivity index (χ1) is 11.3. The highest BCUT2D eigenvalue weighted by atomic mass is 32.1. The van der Waals surface area contributed by atoms with Crippen LogP contribution in [0.4, 0.5) is 0 Å². The molecular formula is C15H22N6OS. The van der Waals surface area contributed by atoms with Crippen LogP contribution in [-0.4, -0.2) is 45.2 Å². The van der Waals surface area contributed by atoms with Crippen LogP contribution in [0.5, 0.6) is 0 Å². The molecule has 1 amide bonds. The van der Waals surface area contributed by atoms with E-state index >= 15 is 0 Å². The highest BCUT2D eigenvalue weighted by Gasteiger charge is 2.15. The molecule has 0 radical (unpaired) electrons. The van der Waals surface area contributed by atoms with Gasteiger partial charge < -0.3 is 10.6 Å². The number of carbonyl (C=O) groups is 1. The highest BCUT2D eigenvalue weighted by Crippen LogP contribution is 2.19. The lowest BCUT2D eigenvalue weighted by Gasteiger charge is -2.16. The summed E-state index contributed by atoms with van der Waals surface area (Å²) >= 11 is 1.40. The molecule has 0 bridgehead atoms. The molecule has 0 unspecified atom stereocenters. The van der Waals surface area contributed by atoms with Gasteiger partial charge in [0.25, 0.3) is 5.91 Å². The molecule has 1 fully saturated rings. The van der Waals surface area contributed by atoms with Crippen molar-refractivity contribution < 1.29 is 4.79 Å². The lowest BCUT2D eigenvalue weighted by Crippen LogP contribution is -2.36. The van der Waals surface area contributed by atoms with Gasteiger partial charge in [-0.3, -0.25) is 4.79 Å². The minimum Gasteiger partial charge on any atom is -0.350 e. The maximum absolute atomic E-state index is 12.3. The molecule has 1 aliphatic carbocycles. The van der Waals surface area contributed by atoms with Crippen molar-refractivity contribution >= 4 is 17.2 Å². The van der Waals surface area contributed by atoms with Gasteiger partial charge in [0, 0.05) is 19.1 Å². The Hall–Kier alpha value is -1.80. The van der Waals surface area contributed by atoms with E-state index in [4.69, 9.17) is 0 Å². The molecule has 3 rings (SSSR count). The van der Waals surface area contributed by atoms with Crippen LogP contribution in [0.2, 0.25) is 0 Å². The molecule has 2 heterocycles. The van der Waals surface area contributed by atoms with Gasteiger partial charge in [0.05, 0.1) is 5.69 Å². The minimum atomic E-state index is -0.0758. The van der Waals surface area contributed by atoms with E-state index in [1.54, 1.807) is 0 Å². The number of amides is 1. The van der Waals surface area contributed by atoms with Crippen molar-refractivity contribution in [2.75, 3.05) is 13.1 Å². The molecule has 0 saturated heterocycles. The van der Waals surface area contributed by atoms with Gasteiger partial charge in [-0.2, -0.15) is 4.68 Å². The molecule has 0 spiro atoms. The zero-order chi connectivity index (χ0) is 15.9. The van der Waals surface area contributed by atoms with Gasteiger partial charge in [-0.1, -0.05) is 25.7 Å². The van der Waals surface area contributed by atoms with E-state index in [0.29, 0.717) is 23.2 Å². The number of nitrogens with zero attached hydrogens (tertiary/aromatic N) is 4. The summed E-state index contributed by atoms with van der Waals surface area (Å²) in [5, 5.41) is 19.5. The fourth-order valence-corrected chi connectivity index (χ4v) is 3.74. The van der Waals surface area contributed by atoms with Gasteiger partial charge >= 0.3 is 0 Å². The van der Waals surface area contributed by atoms with Gasteiger partial charge in [0.2, 0.25) is 0 Å². The summed E-state index contributed by atoms with van der Waals surface area (Å²) in [6, 6.07) is 2.45. The molecule has 8 heteroatoms. The standard InChI is InChI=1S/C15H22N6OS/c22-15(14-13(7-10-23-14)21-11-18-19-20-21)17-9-8-16-12-5-3-1-2-4-6-12/h7,10-12,16H,1-6,8-9H2,(H,17,22). The zero-order valence-corrected chi connectivity index (χ0v) is 13.9. The molecule has 124 valence electrons. The summed E-state index contributed by atoms with van der Waals surface area (Å²) in [5.41, 5.74) is 0.717. The van der Waals surface area contributed by atoms with Crippen molar-refractivity contribution in [3.05, 3.63) is 22.7 Å². The first kappa shape index (κ1) is 16.1. The van der Waals surface area contributed by atoms with Gasteiger partial charge in [0.15, 0.2) is 0 Å². The topological polar surface area (TPSA) is 84.7 Å². The molecule has 2 aromatic rings. The number of hydrogen-bond donors (Lipinski definition) is 2. The number of nitrogens with one attached hydrogen (secondary N) is 2. The van der Waals surface area contributed by atoms with Gasteiger partial charge in [-0.15, -0.1) is 16.4 Å². The van der Waals surface area contributed by atoms with Crippen molar-refractivity contribution in [3.63, 3.8) is 0 Å². The highest BCUT2D eigenvalue weighted by molar-refractivity contribution is 7.12. The zero-order valence-electron chi connectivity index (χ0n) is 13.1. The Morgan fingerprint density at radius 2 is 2.09 bits per heavy atom.